The van der Waals surface area contributed by atoms with E-state index < -0.39 is 0 Å². The minimum absolute atomic E-state index is 0.0186. The molecule has 1 amide bonds. The van der Waals surface area contributed by atoms with Crippen LogP contribution in [0.5, 0.6) is 0 Å². The van der Waals surface area contributed by atoms with Crippen LogP contribution in [0, 0.1) is 24.2 Å². The number of nitrogens with zero attached hydrogens (tertiary/aromatic N) is 2. The van der Waals surface area contributed by atoms with E-state index in [0.29, 0.717) is 25.2 Å². The van der Waals surface area contributed by atoms with Crippen molar-refractivity contribution < 1.29 is 9.53 Å². The van der Waals surface area contributed by atoms with E-state index in [-0.39, 0.29) is 17.4 Å². The maximum Gasteiger partial charge on any atom is 0.221 e. The molecule has 0 saturated carbocycles. The molecular formula is C24H34N4O2. The molecule has 1 aliphatic heterocycles. The molecule has 1 saturated heterocycles. The van der Waals surface area contributed by atoms with Crippen molar-refractivity contribution in [1.82, 2.24) is 5.32 Å². The number of nitrogens with two attached hydrogens (primary N) is 1. The molecule has 0 aliphatic carbocycles. The summed E-state index contributed by atoms with van der Waals surface area (Å²) in [5, 5.41) is 6.74. The lowest BCUT2D eigenvalue weighted by Gasteiger charge is -2.20. The SMILES string of the molecule is Cc1cc(C#CCNC(=O)CC(C)(C)C)ccc1/C(C=NCC1CCCCO1)=N/N. The average Bonchev–Trinajstić information content (AvgIpc) is 2.69. The molecule has 2 rings (SSSR count). The van der Waals surface area contributed by atoms with Crippen molar-refractivity contribution in [2.24, 2.45) is 21.4 Å². The molecule has 0 spiro atoms. The molecule has 1 aromatic carbocycles. The fraction of sp³-hybridized carbons (Fsp3) is 0.542. The van der Waals surface area contributed by atoms with Crippen molar-refractivity contribution in [2.75, 3.05) is 19.7 Å². The molecule has 1 fully saturated rings. The number of nitrogens with one attached hydrogen (secondary N) is 1. The first-order valence-electron chi connectivity index (χ1n) is 10.5. The highest BCUT2D eigenvalue weighted by molar-refractivity contribution is 6.38. The van der Waals surface area contributed by atoms with E-state index in [9.17, 15) is 4.79 Å². The smallest absolute Gasteiger partial charge is 0.221 e. The maximum atomic E-state index is 11.8. The summed E-state index contributed by atoms with van der Waals surface area (Å²) in [6, 6.07) is 5.87. The molecule has 1 atom stereocenters. The number of aliphatic imine (C=N–C) groups is 1. The van der Waals surface area contributed by atoms with E-state index in [1.54, 1.807) is 6.21 Å². The molecule has 0 radical (unpaired) electrons. The van der Waals surface area contributed by atoms with Gasteiger partial charge in [-0.25, -0.2) is 0 Å². The molecule has 1 heterocycles. The second kappa shape index (κ2) is 11.5. The Morgan fingerprint density at radius 2 is 2.17 bits per heavy atom. The Kier molecular flexibility index (Phi) is 9.07. The van der Waals surface area contributed by atoms with Gasteiger partial charge in [-0.1, -0.05) is 38.7 Å². The standard InChI is InChI=1S/C24H34N4O2/c1-18-14-19(8-7-12-27-23(29)15-24(2,3)4)10-11-21(18)22(28-25)17-26-16-20-9-5-6-13-30-20/h10-11,14,17,20H,5-6,9,12-13,15-16,25H2,1-4H3,(H,27,29)/b26-17?,28-22+. The van der Waals surface area contributed by atoms with Crippen LogP contribution in [0.2, 0.25) is 0 Å². The number of hydrazone groups is 1. The molecule has 3 N–H and O–H groups in total. The summed E-state index contributed by atoms with van der Waals surface area (Å²) < 4.78 is 5.70. The highest BCUT2D eigenvalue weighted by atomic mass is 16.5. The lowest BCUT2D eigenvalue weighted by Crippen LogP contribution is -2.27. The Balaban J connectivity index is 1.93. The Hall–Kier alpha value is -2.65. The van der Waals surface area contributed by atoms with Gasteiger partial charge in [-0.3, -0.25) is 9.79 Å². The number of hydrogen-bond acceptors (Lipinski definition) is 5. The summed E-state index contributed by atoms with van der Waals surface area (Å²) in [4.78, 5) is 16.3. The fourth-order valence-corrected chi connectivity index (χ4v) is 3.24. The van der Waals surface area contributed by atoms with Crippen LogP contribution >= 0.6 is 0 Å². The summed E-state index contributed by atoms with van der Waals surface area (Å²) in [7, 11) is 0. The van der Waals surface area contributed by atoms with Gasteiger partial charge in [0.05, 0.1) is 19.2 Å². The lowest BCUT2D eigenvalue weighted by molar-refractivity contribution is -0.122. The van der Waals surface area contributed by atoms with Crippen LogP contribution in [0.4, 0.5) is 0 Å². The van der Waals surface area contributed by atoms with Crippen molar-refractivity contribution >= 4 is 17.8 Å². The average molecular weight is 411 g/mol. The first kappa shape index (κ1) is 23.6. The van der Waals surface area contributed by atoms with Crippen molar-refractivity contribution in [3.63, 3.8) is 0 Å². The monoisotopic (exact) mass is 410 g/mol. The first-order valence-corrected chi connectivity index (χ1v) is 10.5. The zero-order valence-electron chi connectivity index (χ0n) is 18.6. The minimum atomic E-state index is -0.0283. The molecule has 6 heteroatoms. The van der Waals surface area contributed by atoms with Gasteiger partial charge in [0, 0.05) is 30.4 Å². The number of ether oxygens (including phenoxy) is 1. The number of aryl methyl sites for hydroxylation is 1. The zero-order valence-corrected chi connectivity index (χ0v) is 18.6. The second-order valence-electron chi connectivity index (χ2n) is 8.84. The summed E-state index contributed by atoms with van der Waals surface area (Å²) in [6.07, 6.45) is 5.77. The molecule has 1 aliphatic rings. The second-order valence-corrected chi connectivity index (χ2v) is 8.84. The van der Waals surface area contributed by atoms with Crippen molar-refractivity contribution in [3.05, 3.63) is 34.9 Å². The van der Waals surface area contributed by atoms with Crippen LogP contribution in [-0.4, -0.2) is 43.6 Å². The molecule has 162 valence electrons. The van der Waals surface area contributed by atoms with Crippen LogP contribution in [-0.2, 0) is 9.53 Å². The van der Waals surface area contributed by atoms with Gasteiger partial charge in [-0.15, -0.1) is 0 Å². The van der Waals surface area contributed by atoms with Crippen LogP contribution in [0.15, 0.2) is 28.3 Å². The van der Waals surface area contributed by atoms with Crippen LogP contribution in [0.1, 0.15) is 63.1 Å². The van der Waals surface area contributed by atoms with Crippen molar-refractivity contribution in [2.45, 2.75) is 59.5 Å². The number of benzene rings is 1. The van der Waals surface area contributed by atoms with Gasteiger partial charge >= 0.3 is 0 Å². The Labute approximate surface area is 180 Å². The highest BCUT2D eigenvalue weighted by Crippen LogP contribution is 2.17. The normalized spacial score (nSPS) is 17.5. The van der Waals surface area contributed by atoms with Gasteiger partial charge in [0.2, 0.25) is 5.91 Å². The number of amides is 1. The summed E-state index contributed by atoms with van der Waals surface area (Å²) >= 11 is 0. The van der Waals surface area contributed by atoms with E-state index in [2.05, 4.69) is 27.3 Å². The minimum Gasteiger partial charge on any atom is -0.376 e. The zero-order chi connectivity index (χ0) is 22.0. The lowest BCUT2D eigenvalue weighted by atomic mass is 9.92. The van der Waals surface area contributed by atoms with Crippen LogP contribution in [0.3, 0.4) is 0 Å². The summed E-state index contributed by atoms with van der Waals surface area (Å²) in [5.41, 5.74) is 3.43. The van der Waals surface area contributed by atoms with Gasteiger partial charge in [-0.2, -0.15) is 5.10 Å². The molecule has 1 aromatic rings. The van der Waals surface area contributed by atoms with Gasteiger partial charge in [-0.05, 0) is 49.3 Å². The third-order valence-corrected chi connectivity index (χ3v) is 4.74. The summed E-state index contributed by atoms with van der Waals surface area (Å²) in [6.45, 7) is 9.89. The molecule has 0 bridgehead atoms. The topological polar surface area (TPSA) is 89.1 Å². The van der Waals surface area contributed by atoms with E-state index in [4.69, 9.17) is 10.6 Å². The van der Waals surface area contributed by atoms with E-state index >= 15 is 0 Å². The van der Waals surface area contributed by atoms with Crippen molar-refractivity contribution in [1.29, 1.82) is 0 Å². The quantitative estimate of drug-likeness (QED) is 0.327. The maximum absolute atomic E-state index is 11.8. The fourth-order valence-electron chi connectivity index (χ4n) is 3.24. The number of hydrogen-bond donors (Lipinski definition) is 2. The first-order chi connectivity index (χ1) is 14.3. The Bertz CT molecular complexity index is 835. The molecule has 30 heavy (non-hydrogen) atoms. The predicted octanol–water partition coefficient (Wildman–Crippen LogP) is 3.20. The largest absolute Gasteiger partial charge is 0.376 e. The Morgan fingerprint density at radius 1 is 1.37 bits per heavy atom. The highest BCUT2D eigenvalue weighted by Gasteiger charge is 2.15. The van der Waals surface area contributed by atoms with Crippen LogP contribution in [0.25, 0.3) is 0 Å². The van der Waals surface area contributed by atoms with E-state index in [1.807, 2.05) is 45.9 Å². The predicted molar refractivity (Wildman–Crippen MR) is 123 cm³/mol. The van der Waals surface area contributed by atoms with Gasteiger partial charge in [0.25, 0.3) is 0 Å². The van der Waals surface area contributed by atoms with E-state index in [0.717, 1.165) is 36.1 Å². The van der Waals surface area contributed by atoms with Gasteiger partial charge in [0.15, 0.2) is 0 Å². The van der Waals surface area contributed by atoms with Crippen molar-refractivity contribution in [3.8, 4) is 11.8 Å². The van der Waals surface area contributed by atoms with Gasteiger partial charge in [0.1, 0.15) is 5.71 Å². The number of carbonyl (C=O) groups is 1. The van der Waals surface area contributed by atoms with Gasteiger partial charge < -0.3 is 15.9 Å². The number of carbonyl (C=O) groups excluding carboxylic acids is 1. The molecule has 0 aromatic heterocycles. The molecular weight excluding hydrogens is 376 g/mol. The third kappa shape index (κ3) is 8.38. The molecule has 6 nitrogen and oxygen atoms in total. The number of rotatable bonds is 6. The summed E-state index contributed by atoms with van der Waals surface area (Å²) in [5.74, 6) is 11.7. The molecule has 1 unspecified atom stereocenters. The Morgan fingerprint density at radius 3 is 2.80 bits per heavy atom. The third-order valence-electron chi connectivity index (χ3n) is 4.74. The van der Waals surface area contributed by atoms with Crippen LogP contribution < -0.4 is 11.2 Å². The van der Waals surface area contributed by atoms with E-state index in [1.165, 1.54) is 6.42 Å².